The van der Waals surface area contributed by atoms with Crippen molar-refractivity contribution in [3.05, 3.63) is 56.6 Å². The molecule has 0 amide bonds. The SMILES string of the molecule is Brc1ccccc(I)cccc1. The summed E-state index contributed by atoms with van der Waals surface area (Å²) in [6.45, 7) is 0. The van der Waals surface area contributed by atoms with Gasteiger partial charge in [0.2, 0.25) is 0 Å². The molecule has 1 aromatic rings. The second kappa shape index (κ2) is 5.54. The summed E-state index contributed by atoms with van der Waals surface area (Å²) in [6, 6.07) is 16.2. The van der Waals surface area contributed by atoms with Gasteiger partial charge in [0.05, 0.1) is 0 Å². The highest BCUT2D eigenvalue weighted by Crippen LogP contribution is 2.05. The zero-order valence-corrected chi connectivity index (χ0v) is 10.1. The lowest BCUT2D eigenvalue weighted by molar-refractivity contribution is 1.64. The molecule has 0 radical (unpaired) electrons. The quantitative estimate of drug-likeness (QED) is 0.624. The zero-order chi connectivity index (χ0) is 8.81. The monoisotopic (exact) mass is 334 g/mol. The summed E-state index contributed by atoms with van der Waals surface area (Å²) >= 11 is 5.71. The second-order valence-corrected chi connectivity index (χ2v) is 4.37. The summed E-state index contributed by atoms with van der Waals surface area (Å²) in [5.74, 6) is 0. The summed E-state index contributed by atoms with van der Waals surface area (Å²) in [5.41, 5.74) is 0. The fourth-order valence-corrected chi connectivity index (χ4v) is 1.42. The van der Waals surface area contributed by atoms with Crippen molar-refractivity contribution >= 4 is 38.5 Å². The molecule has 1 aromatic carbocycles. The second-order valence-electron chi connectivity index (χ2n) is 2.21. The van der Waals surface area contributed by atoms with E-state index in [4.69, 9.17) is 0 Å². The van der Waals surface area contributed by atoms with E-state index in [1.807, 2.05) is 36.4 Å². The number of halogens is 2. The van der Waals surface area contributed by atoms with Crippen molar-refractivity contribution in [2.24, 2.45) is 0 Å². The van der Waals surface area contributed by atoms with Crippen LogP contribution < -0.4 is 0 Å². The van der Waals surface area contributed by atoms with Gasteiger partial charge in [-0.1, -0.05) is 40.2 Å². The number of rotatable bonds is 0. The highest BCUT2D eigenvalue weighted by Gasteiger charge is 1.76. The van der Waals surface area contributed by atoms with E-state index in [1.54, 1.807) is 0 Å². The van der Waals surface area contributed by atoms with Gasteiger partial charge in [-0.3, -0.25) is 0 Å². The van der Waals surface area contributed by atoms with Crippen LogP contribution in [0.1, 0.15) is 0 Å². The van der Waals surface area contributed by atoms with Crippen LogP contribution in [-0.2, 0) is 0 Å². The predicted octanol–water partition coefficient (Wildman–Crippen LogP) is 4.18. The summed E-state index contributed by atoms with van der Waals surface area (Å²) in [4.78, 5) is 0. The molecule has 0 saturated carbocycles. The number of hydrogen-bond acceptors (Lipinski definition) is 0. The first-order valence-corrected chi connectivity index (χ1v) is 5.40. The molecule has 0 aromatic heterocycles. The van der Waals surface area contributed by atoms with Crippen LogP contribution in [0.2, 0.25) is 0 Å². The van der Waals surface area contributed by atoms with Crippen molar-refractivity contribution in [1.29, 1.82) is 0 Å². The van der Waals surface area contributed by atoms with Gasteiger partial charge in [-0.25, -0.2) is 0 Å². The average molecular weight is 335 g/mol. The summed E-state index contributed by atoms with van der Waals surface area (Å²) < 4.78 is 2.30. The van der Waals surface area contributed by atoms with Crippen molar-refractivity contribution in [1.82, 2.24) is 0 Å². The minimum absolute atomic E-state index is 1.08. The minimum Gasteiger partial charge on any atom is -0.0612 e. The third-order valence-corrected chi connectivity index (χ3v) is 2.49. The van der Waals surface area contributed by atoms with E-state index < -0.39 is 0 Å². The minimum atomic E-state index is 1.08. The first kappa shape index (κ1) is 9.99. The Labute approximate surface area is 94.6 Å². The maximum atomic E-state index is 3.41. The first-order chi connectivity index (χ1) is 5.79. The van der Waals surface area contributed by atoms with E-state index in [9.17, 15) is 0 Å². The molecule has 0 fully saturated rings. The molecule has 0 N–H and O–H groups in total. The topological polar surface area (TPSA) is 0 Å². The molecule has 0 bridgehead atoms. The van der Waals surface area contributed by atoms with E-state index >= 15 is 0 Å². The third-order valence-electron chi connectivity index (χ3n) is 1.24. The van der Waals surface area contributed by atoms with Gasteiger partial charge < -0.3 is 0 Å². The molecule has 0 saturated heterocycles. The van der Waals surface area contributed by atoms with Gasteiger partial charge in [0.1, 0.15) is 0 Å². The molecule has 12 heavy (non-hydrogen) atoms. The van der Waals surface area contributed by atoms with Gasteiger partial charge >= 0.3 is 0 Å². The molecule has 0 heterocycles. The molecule has 0 aliphatic rings. The van der Waals surface area contributed by atoms with Crippen molar-refractivity contribution in [2.45, 2.75) is 0 Å². The van der Waals surface area contributed by atoms with Gasteiger partial charge in [0.15, 0.2) is 0 Å². The molecule has 2 heteroatoms. The van der Waals surface area contributed by atoms with Gasteiger partial charge in [-0.15, -0.1) is 0 Å². The van der Waals surface area contributed by atoms with Gasteiger partial charge in [-0.05, 0) is 46.9 Å². The smallest absolute Gasteiger partial charge is 0.0175 e. The average Bonchev–Trinajstić information content (AvgIpc) is 2.06. The molecule has 1 rings (SSSR count). The highest BCUT2D eigenvalue weighted by atomic mass is 127. The Hall–Kier alpha value is -0.0900. The Morgan fingerprint density at radius 1 is 0.833 bits per heavy atom. The summed E-state index contributed by atoms with van der Waals surface area (Å²) in [6.07, 6.45) is 0. The molecule has 0 atom stereocenters. The van der Waals surface area contributed by atoms with Gasteiger partial charge in [-0.2, -0.15) is 0 Å². The third kappa shape index (κ3) is 4.07. The van der Waals surface area contributed by atoms with Crippen LogP contribution in [0.4, 0.5) is 0 Å². The largest absolute Gasteiger partial charge is 0.0612 e. The predicted molar refractivity (Wildman–Crippen MR) is 64.5 cm³/mol. The lowest BCUT2D eigenvalue weighted by Gasteiger charge is -1.81. The van der Waals surface area contributed by atoms with Crippen molar-refractivity contribution < 1.29 is 0 Å². The van der Waals surface area contributed by atoms with Crippen LogP contribution >= 0.6 is 38.5 Å². The van der Waals surface area contributed by atoms with Crippen molar-refractivity contribution in [2.75, 3.05) is 0 Å². The molecule has 0 spiro atoms. The van der Waals surface area contributed by atoms with Crippen LogP contribution in [0.5, 0.6) is 0 Å². The van der Waals surface area contributed by atoms with Crippen LogP contribution in [0.15, 0.2) is 53.0 Å². The lowest BCUT2D eigenvalue weighted by atomic mass is 10.4. The van der Waals surface area contributed by atoms with E-state index in [0.29, 0.717) is 0 Å². The fourth-order valence-electron chi connectivity index (χ4n) is 0.701. The molecule has 62 valence electrons. The standard InChI is InChI=1S/C10H8BrI/c11-9-5-1-3-7-10(12)8-4-2-6-9/h1-8H. The van der Waals surface area contributed by atoms with Crippen LogP contribution in [-0.4, -0.2) is 0 Å². The molecular formula is C10H8BrI. The maximum Gasteiger partial charge on any atom is 0.0175 e. The van der Waals surface area contributed by atoms with Crippen LogP contribution in [0.25, 0.3) is 0 Å². The van der Waals surface area contributed by atoms with Gasteiger partial charge in [0.25, 0.3) is 0 Å². The maximum absolute atomic E-state index is 3.41. The number of hydrogen-bond donors (Lipinski definition) is 0. The van der Waals surface area contributed by atoms with Gasteiger partial charge in [0, 0.05) is 8.04 Å². The fraction of sp³-hybridized carbons (Fsp3) is 0. The molecule has 0 unspecified atom stereocenters. The summed E-state index contributed by atoms with van der Waals surface area (Å²) in [7, 11) is 0. The highest BCUT2D eigenvalue weighted by molar-refractivity contribution is 14.1. The molecule has 0 nitrogen and oxygen atoms in total. The van der Waals surface area contributed by atoms with Crippen molar-refractivity contribution in [3.63, 3.8) is 0 Å². The Morgan fingerprint density at radius 3 is 1.75 bits per heavy atom. The Kier molecular flexibility index (Phi) is 4.61. The van der Waals surface area contributed by atoms with E-state index in [2.05, 4.69) is 50.7 Å². The molecule has 0 aliphatic heterocycles. The Bertz CT molecular complexity index is 249. The zero-order valence-electron chi connectivity index (χ0n) is 6.37. The normalized spacial score (nSPS) is 8.83. The molecule has 0 aliphatic carbocycles. The summed E-state index contributed by atoms with van der Waals surface area (Å²) in [5, 5.41) is 0. The van der Waals surface area contributed by atoms with Crippen LogP contribution in [0, 0.1) is 3.57 Å². The van der Waals surface area contributed by atoms with Crippen LogP contribution in [0.3, 0.4) is 0 Å². The van der Waals surface area contributed by atoms with E-state index in [-0.39, 0.29) is 0 Å². The van der Waals surface area contributed by atoms with E-state index in [1.165, 1.54) is 3.57 Å². The Balaban J connectivity index is 3.18. The first-order valence-electron chi connectivity index (χ1n) is 3.53. The van der Waals surface area contributed by atoms with Crippen molar-refractivity contribution in [3.8, 4) is 0 Å². The lowest BCUT2D eigenvalue weighted by Crippen LogP contribution is -1.60. The molecular weight excluding hydrogens is 327 g/mol. The van der Waals surface area contributed by atoms with E-state index in [0.717, 1.165) is 4.47 Å². The Morgan fingerprint density at radius 2 is 1.25 bits per heavy atom.